The normalized spacial score (nSPS) is 13.3. The summed E-state index contributed by atoms with van der Waals surface area (Å²) in [4.78, 5) is 2.26. The fraction of sp³-hybridized carbons (Fsp3) is 1.00. The lowest BCUT2D eigenvalue weighted by Gasteiger charge is -2.36. The smallest absolute Gasteiger partial charge is 0.192 e. The number of aliphatic hydroxyl groups excluding tert-OH is 2. The fourth-order valence-corrected chi connectivity index (χ4v) is 2.61. The van der Waals surface area contributed by atoms with Gasteiger partial charge in [-0.1, -0.05) is 20.8 Å². The van der Waals surface area contributed by atoms with Crippen LogP contribution in [-0.4, -0.2) is 62.9 Å². The third kappa shape index (κ3) is 8.04. The van der Waals surface area contributed by atoms with E-state index >= 15 is 0 Å². The number of hydrogen-bond donors (Lipinski definition) is 2. The highest BCUT2D eigenvalue weighted by molar-refractivity contribution is 6.74. The van der Waals surface area contributed by atoms with Crippen LogP contribution in [0.4, 0.5) is 0 Å². The first-order valence-corrected chi connectivity index (χ1v) is 10.2. The predicted octanol–water partition coefficient (Wildman–Crippen LogP) is 2.08. The Morgan fingerprint density at radius 3 is 1.79 bits per heavy atom. The third-order valence-corrected chi connectivity index (χ3v) is 8.48. The van der Waals surface area contributed by atoms with E-state index in [1.165, 1.54) is 0 Å². The van der Waals surface area contributed by atoms with Crippen LogP contribution in [0, 0.1) is 0 Å². The Balaban J connectivity index is 4.09. The Hall–Kier alpha value is 0.0569. The van der Waals surface area contributed by atoms with Gasteiger partial charge in [0.25, 0.3) is 0 Å². The van der Waals surface area contributed by atoms with Crippen molar-refractivity contribution in [3.63, 3.8) is 0 Å². The third-order valence-electron chi connectivity index (χ3n) is 3.94. The van der Waals surface area contributed by atoms with Crippen LogP contribution >= 0.6 is 0 Å². The van der Waals surface area contributed by atoms with Gasteiger partial charge < -0.3 is 19.5 Å². The van der Waals surface area contributed by atoms with Crippen LogP contribution in [0.15, 0.2) is 0 Å². The molecule has 0 spiro atoms. The maximum Gasteiger partial charge on any atom is 0.192 e. The average Bonchev–Trinajstić information content (AvgIpc) is 2.30. The van der Waals surface area contributed by atoms with E-state index in [0.717, 1.165) is 39.1 Å². The predicted molar refractivity (Wildman–Crippen MR) is 83.0 cm³/mol. The van der Waals surface area contributed by atoms with Crippen molar-refractivity contribution in [2.75, 3.05) is 39.5 Å². The zero-order valence-electron chi connectivity index (χ0n) is 13.4. The van der Waals surface area contributed by atoms with Crippen molar-refractivity contribution in [2.24, 2.45) is 0 Å². The second kappa shape index (κ2) is 9.08. The molecule has 0 amide bonds. The molecule has 4 nitrogen and oxygen atoms in total. The van der Waals surface area contributed by atoms with Crippen molar-refractivity contribution >= 4 is 8.32 Å². The van der Waals surface area contributed by atoms with Crippen molar-refractivity contribution in [3.05, 3.63) is 0 Å². The molecule has 0 aromatic rings. The summed E-state index contributed by atoms with van der Waals surface area (Å²) in [5.74, 6) is 0. The number of rotatable bonds is 10. The highest BCUT2D eigenvalue weighted by atomic mass is 28.4. The van der Waals surface area contributed by atoms with Crippen LogP contribution in [0.25, 0.3) is 0 Å². The van der Waals surface area contributed by atoms with Gasteiger partial charge in [0, 0.05) is 39.5 Å². The molecule has 5 heteroatoms. The Kier molecular flexibility index (Phi) is 9.10. The highest BCUT2D eigenvalue weighted by Gasteiger charge is 2.36. The van der Waals surface area contributed by atoms with Crippen LogP contribution < -0.4 is 0 Å². The molecule has 0 aliphatic carbocycles. The molecule has 0 aromatic heterocycles. The molecule has 19 heavy (non-hydrogen) atoms. The summed E-state index contributed by atoms with van der Waals surface area (Å²) in [6.07, 6.45) is 1.57. The second-order valence-corrected chi connectivity index (χ2v) is 11.4. The van der Waals surface area contributed by atoms with Crippen LogP contribution in [0.5, 0.6) is 0 Å². The van der Waals surface area contributed by atoms with Gasteiger partial charge in [-0.3, -0.25) is 0 Å². The summed E-state index contributed by atoms with van der Waals surface area (Å²) in [6, 6.07) is 0. The molecule has 0 saturated heterocycles. The first kappa shape index (κ1) is 19.1. The zero-order chi connectivity index (χ0) is 14.9. The van der Waals surface area contributed by atoms with Gasteiger partial charge in [-0.05, 0) is 31.0 Å². The van der Waals surface area contributed by atoms with Crippen molar-refractivity contribution in [1.82, 2.24) is 4.90 Å². The standard InChI is InChI=1S/C14H33NO3Si/c1-14(2,3)19(4,5)18-13-10-15(8-6-11-16)9-7-12-17/h16-17H,6-13H2,1-5H3. The van der Waals surface area contributed by atoms with Gasteiger partial charge in [-0.25, -0.2) is 0 Å². The maximum absolute atomic E-state index is 8.90. The minimum atomic E-state index is -1.66. The molecule has 0 bridgehead atoms. The first-order chi connectivity index (χ1) is 8.74. The summed E-state index contributed by atoms with van der Waals surface area (Å²) >= 11 is 0. The lowest BCUT2D eigenvalue weighted by Crippen LogP contribution is -2.43. The van der Waals surface area contributed by atoms with Gasteiger partial charge in [-0.15, -0.1) is 0 Å². The van der Waals surface area contributed by atoms with E-state index in [9.17, 15) is 0 Å². The van der Waals surface area contributed by atoms with Gasteiger partial charge >= 0.3 is 0 Å². The van der Waals surface area contributed by atoms with Crippen LogP contribution in [0.1, 0.15) is 33.6 Å². The summed E-state index contributed by atoms with van der Waals surface area (Å²) in [5, 5.41) is 18.0. The molecule has 0 unspecified atom stereocenters. The topological polar surface area (TPSA) is 52.9 Å². The largest absolute Gasteiger partial charge is 0.416 e. The van der Waals surface area contributed by atoms with E-state index in [-0.39, 0.29) is 18.3 Å². The lowest BCUT2D eigenvalue weighted by atomic mass is 10.2. The van der Waals surface area contributed by atoms with E-state index in [4.69, 9.17) is 14.6 Å². The van der Waals surface area contributed by atoms with E-state index in [0.29, 0.717) is 0 Å². The molecular weight excluding hydrogens is 258 g/mol. The number of aliphatic hydroxyl groups is 2. The highest BCUT2D eigenvalue weighted by Crippen LogP contribution is 2.36. The Morgan fingerprint density at radius 2 is 1.42 bits per heavy atom. The second-order valence-electron chi connectivity index (χ2n) is 6.60. The van der Waals surface area contributed by atoms with Crippen LogP contribution in [-0.2, 0) is 4.43 Å². The summed E-state index contributed by atoms with van der Waals surface area (Å²) in [5.41, 5.74) is 0. The van der Waals surface area contributed by atoms with Crippen molar-refractivity contribution in [1.29, 1.82) is 0 Å². The first-order valence-electron chi connectivity index (χ1n) is 7.32. The fourth-order valence-electron chi connectivity index (χ4n) is 1.57. The Morgan fingerprint density at radius 1 is 0.947 bits per heavy atom. The molecule has 0 aliphatic rings. The van der Waals surface area contributed by atoms with Crippen LogP contribution in [0.3, 0.4) is 0 Å². The van der Waals surface area contributed by atoms with Gasteiger partial charge in [0.05, 0.1) is 0 Å². The lowest BCUT2D eigenvalue weighted by molar-refractivity contribution is 0.168. The van der Waals surface area contributed by atoms with Crippen molar-refractivity contribution in [3.8, 4) is 0 Å². The molecule has 0 fully saturated rings. The summed E-state index contributed by atoms with van der Waals surface area (Å²) < 4.78 is 6.16. The maximum atomic E-state index is 8.90. The molecule has 116 valence electrons. The van der Waals surface area contributed by atoms with E-state index in [2.05, 4.69) is 38.8 Å². The SMILES string of the molecule is CC(C)(C)[Si](C)(C)OCCN(CCCO)CCCO. The quantitative estimate of drug-likeness (QED) is 0.605. The molecule has 0 atom stereocenters. The van der Waals surface area contributed by atoms with Gasteiger partial charge in [0.15, 0.2) is 8.32 Å². The molecule has 0 aromatic carbocycles. The van der Waals surface area contributed by atoms with Gasteiger partial charge in [-0.2, -0.15) is 0 Å². The minimum absolute atomic E-state index is 0.221. The van der Waals surface area contributed by atoms with Crippen molar-refractivity contribution in [2.45, 2.75) is 51.7 Å². The van der Waals surface area contributed by atoms with E-state index < -0.39 is 8.32 Å². The summed E-state index contributed by atoms with van der Waals surface area (Å²) in [7, 11) is -1.66. The van der Waals surface area contributed by atoms with Crippen LogP contribution in [0.2, 0.25) is 18.1 Å². The molecule has 0 rings (SSSR count). The molecule has 0 aliphatic heterocycles. The summed E-state index contributed by atoms with van der Waals surface area (Å²) in [6.45, 7) is 15.1. The van der Waals surface area contributed by atoms with Gasteiger partial charge in [0.1, 0.15) is 0 Å². The zero-order valence-corrected chi connectivity index (χ0v) is 14.4. The molecule has 0 heterocycles. The Labute approximate surface area is 119 Å². The van der Waals surface area contributed by atoms with Crippen molar-refractivity contribution < 1.29 is 14.6 Å². The molecule has 0 saturated carbocycles. The number of nitrogens with zero attached hydrogens (tertiary/aromatic N) is 1. The van der Waals surface area contributed by atoms with E-state index in [1.807, 2.05) is 0 Å². The minimum Gasteiger partial charge on any atom is -0.416 e. The molecular formula is C14H33NO3Si. The molecule has 0 radical (unpaired) electrons. The Bertz CT molecular complexity index is 221. The average molecular weight is 292 g/mol. The van der Waals surface area contributed by atoms with E-state index in [1.54, 1.807) is 0 Å². The molecule has 2 N–H and O–H groups in total. The monoisotopic (exact) mass is 291 g/mol. The number of hydrogen-bond acceptors (Lipinski definition) is 4. The van der Waals surface area contributed by atoms with Gasteiger partial charge in [0.2, 0.25) is 0 Å².